The fourth-order valence-corrected chi connectivity index (χ4v) is 5.96. The van der Waals surface area contributed by atoms with Gasteiger partial charge in [-0.3, -0.25) is 0 Å². The summed E-state index contributed by atoms with van der Waals surface area (Å²) >= 11 is 5.90. The van der Waals surface area contributed by atoms with Gasteiger partial charge in [0.1, 0.15) is 0 Å². The number of thioether (sulfide) groups is 2. The second-order valence-electron chi connectivity index (χ2n) is 4.53. The third-order valence-electron chi connectivity index (χ3n) is 3.14. The molecule has 1 saturated heterocycles. The highest BCUT2D eigenvalue weighted by Crippen LogP contribution is 2.33. The van der Waals surface area contributed by atoms with Crippen LogP contribution >= 0.6 is 34.9 Å². The lowest BCUT2D eigenvalue weighted by Crippen LogP contribution is -2.42. The van der Waals surface area contributed by atoms with Crippen LogP contribution < -0.4 is 5.73 Å². The Balaban J connectivity index is 1.98. The van der Waals surface area contributed by atoms with E-state index in [0.29, 0.717) is 10.5 Å². The molecule has 96 valence electrons. The third kappa shape index (κ3) is 3.40. The van der Waals surface area contributed by atoms with Crippen LogP contribution in [0.25, 0.3) is 0 Å². The van der Waals surface area contributed by atoms with Crippen LogP contribution in [0.2, 0.25) is 0 Å². The number of rotatable bonds is 3. The minimum atomic E-state index is 0.243. The summed E-state index contributed by atoms with van der Waals surface area (Å²) in [6.45, 7) is 6.52. The van der Waals surface area contributed by atoms with E-state index in [-0.39, 0.29) is 6.04 Å². The molecule has 1 fully saturated rings. The Hall–Kier alpha value is 0.290. The van der Waals surface area contributed by atoms with Crippen LogP contribution in [-0.4, -0.2) is 33.0 Å². The van der Waals surface area contributed by atoms with Crippen molar-refractivity contribution < 1.29 is 0 Å². The SMILES string of the molecule is Cc1nc(CC(N)C2SCCSC2C)sc1C. The predicted octanol–water partition coefficient (Wildman–Crippen LogP) is 2.87. The molecule has 1 aromatic rings. The topological polar surface area (TPSA) is 38.9 Å². The second kappa shape index (κ2) is 5.95. The van der Waals surface area contributed by atoms with Gasteiger partial charge >= 0.3 is 0 Å². The molecule has 2 nitrogen and oxygen atoms in total. The number of aromatic nitrogens is 1. The van der Waals surface area contributed by atoms with Gasteiger partial charge in [-0.25, -0.2) is 4.98 Å². The summed E-state index contributed by atoms with van der Waals surface area (Å²) in [4.78, 5) is 5.92. The molecule has 0 aromatic carbocycles. The van der Waals surface area contributed by atoms with Crippen LogP contribution in [0.3, 0.4) is 0 Å². The highest BCUT2D eigenvalue weighted by atomic mass is 32.2. The van der Waals surface area contributed by atoms with Gasteiger partial charge in [-0.05, 0) is 13.8 Å². The van der Waals surface area contributed by atoms with Gasteiger partial charge in [-0.1, -0.05) is 6.92 Å². The first-order chi connectivity index (χ1) is 8.08. The number of nitrogens with two attached hydrogens (primary N) is 1. The molecule has 1 aliphatic rings. The third-order valence-corrected chi connectivity index (χ3v) is 7.51. The number of nitrogens with zero attached hydrogens (tertiary/aromatic N) is 1. The van der Waals surface area contributed by atoms with Crippen molar-refractivity contribution in [2.24, 2.45) is 5.73 Å². The first-order valence-electron chi connectivity index (χ1n) is 5.99. The molecule has 0 aliphatic carbocycles. The standard InChI is InChI=1S/C12H20N2S3/c1-7-8(2)17-11(14-7)6-10(13)12-9(3)15-4-5-16-12/h9-10,12H,4-6,13H2,1-3H3. The lowest BCUT2D eigenvalue weighted by atomic mass is 10.1. The average Bonchev–Trinajstić information content (AvgIpc) is 2.58. The molecule has 0 amide bonds. The Morgan fingerprint density at radius 3 is 2.65 bits per heavy atom. The zero-order chi connectivity index (χ0) is 12.4. The number of thiazole rings is 1. The van der Waals surface area contributed by atoms with Crippen molar-refractivity contribution in [3.05, 3.63) is 15.6 Å². The fourth-order valence-electron chi connectivity index (χ4n) is 2.06. The van der Waals surface area contributed by atoms with Crippen molar-refractivity contribution in [1.29, 1.82) is 0 Å². The maximum absolute atomic E-state index is 6.36. The molecule has 0 spiro atoms. The van der Waals surface area contributed by atoms with E-state index in [0.717, 1.165) is 12.1 Å². The normalized spacial score (nSPS) is 27.1. The van der Waals surface area contributed by atoms with Gasteiger partial charge in [0.25, 0.3) is 0 Å². The summed E-state index contributed by atoms with van der Waals surface area (Å²) in [6.07, 6.45) is 0.932. The van der Waals surface area contributed by atoms with Crippen molar-refractivity contribution >= 4 is 34.9 Å². The fraction of sp³-hybridized carbons (Fsp3) is 0.750. The van der Waals surface area contributed by atoms with Crippen LogP contribution in [0.15, 0.2) is 0 Å². The quantitative estimate of drug-likeness (QED) is 0.928. The summed E-state index contributed by atoms with van der Waals surface area (Å²) in [5, 5.41) is 2.46. The average molecular weight is 289 g/mol. The van der Waals surface area contributed by atoms with Crippen molar-refractivity contribution in [3.63, 3.8) is 0 Å². The molecule has 5 heteroatoms. The van der Waals surface area contributed by atoms with Crippen molar-refractivity contribution in [1.82, 2.24) is 4.98 Å². The lowest BCUT2D eigenvalue weighted by molar-refractivity contribution is 0.620. The van der Waals surface area contributed by atoms with E-state index in [1.165, 1.54) is 21.4 Å². The van der Waals surface area contributed by atoms with Crippen LogP contribution in [0.1, 0.15) is 22.5 Å². The van der Waals surface area contributed by atoms with Gasteiger partial charge in [0.15, 0.2) is 0 Å². The van der Waals surface area contributed by atoms with Crippen molar-refractivity contribution in [2.45, 2.75) is 43.7 Å². The molecular weight excluding hydrogens is 268 g/mol. The highest BCUT2D eigenvalue weighted by Gasteiger charge is 2.28. The smallest absolute Gasteiger partial charge is 0.0946 e. The van der Waals surface area contributed by atoms with E-state index in [1.54, 1.807) is 11.3 Å². The zero-order valence-corrected chi connectivity index (χ0v) is 13.1. The van der Waals surface area contributed by atoms with Gasteiger partial charge in [-0.15, -0.1) is 11.3 Å². The summed E-state index contributed by atoms with van der Waals surface area (Å²) in [6, 6.07) is 0.243. The minimum Gasteiger partial charge on any atom is -0.326 e. The molecule has 2 heterocycles. The maximum Gasteiger partial charge on any atom is 0.0946 e. The Morgan fingerprint density at radius 2 is 2.06 bits per heavy atom. The molecule has 1 aromatic heterocycles. The van der Waals surface area contributed by atoms with E-state index in [2.05, 4.69) is 37.5 Å². The molecule has 2 rings (SSSR count). The molecule has 0 saturated carbocycles. The molecule has 1 aliphatic heterocycles. The summed E-state index contributed by atoms with van der Waals surface area (Å²) in [5.41, 5.74) is 7.53. The maximum atomic E-state index is 6.36. The van der Waals surface area contributed by atoms with Gasteiger partial charge in [0.2, 0.25) is 0 Å². The Kier molecular flexibility index (Phi) is 4.80. The van der Waals surface area contributed by atoms with Gasteiger partial charge in [0, 0.05) is 39.3 Å². The largest absolute Gasteiger partial charge is 0.326 e. The highest BCUT2D eigenvalue weighted by molar-refractivity contribution is 8.07. The van der Waals surface area contributed by atoms with E-state index < -0.39 is 0 Å². The Morgan fingerprint density at radius 1 is 1.35 bits per heavy atom. The van der Waals surface area contributed by atoms with Gasteiger partial charge < -0.3 is 5.73 Å². The van der Waals surface area contributed by atoms with Gasteiger partial charge in [0.05, 0.1) is 10.7 Å². The first-order valence-corrected chi connectivity index (χ1v) is 8.91. The molecule has 0 radical (unpaired) electrons. The minimum absolute atomic E-state index is 0.243. The predicted molar refractivity (Wildman–Crippen MR) is 81.4 cm³/mol. The summed E-state index contributed by atoms with van der Waals surface area (Å²) in [7, 11) is 0. The van der Waals surface area contributed by atoms with E-state index >= 15 is 0 Å². The monoisotopic (exact) mass is 288 g/mol. The first kappa shape index (κ1) is 13.7. The molecular formula is C12H20N2S3. The lowest BCUT2D eigenvalue weighted by Gasteiger charge is -2.32. The number of hydrogen-bond donors (Lipinski definition) is 1. The summed E-state index contributed by atoms with van der Waals surface area (Å²) < 4.78 is 0. The van der Waals surface area contributed by atoms with Crippen LogP contribution in [0, 0.1) is 13.8 Å². The van der Waals surface area contributed by atoms with E-state index in [4.69, 9.17) is 5.73 Å². The summed E-state index contributed by atoms with van der Waals surface area (Å²) in [5.74, 6) is 2.51. The molecule has 2 N–H and O–H groups in total. The van der Waals surface area contributed by atoms with Crippen molar-refractivity contribution in [2.75, 3.05) is 11.5 Å². The zero-order valence-electron chi connectivity index (χ0n) is 10.6. The number of aryl methyl sites for hydroxylation is 2. The van der Waals surface area contributed by atoms with Crippen molar-refractivity contribution in [3.8, 4) is 0 Å². The Bertz CT molecular complexity index is 358. The van der Waals surface area contributed by atoms with Crippen LogP contribution in [-0.2, 0) is 6.42 Å². The second-order valence-corrected chi connectivity index (χ2v) is 8.59. The van der Waals surface area contributed by atoms with E-state index in [1.807, 2.05) is 11.8 Å². The Labute approximate surface area is 116 Å². The molecule has 17 heavy (non-hydrogen) atoms. The van der Waals surface area contributed by atoms with Crippen LogP contribution in [0.4, 0.5) is 0 Å². The molecule has 3 unspecified atom stereocenters. The molecule has 3 atom stereocenters. The van der Waals surface area contributed by atoms with Gasteiger partial charge in [-0.2, -0.15) is 23.5 Å². The van der Waals surface area contributed by atoms with E-state index in [9.17, 15) is 0 Å². The molecule has 0 bridgehead atoms. The number of hydrogen-bond acceptors (Lipinski definition) is 5. The van der Waals surface area contributed by atoms with Crippen LogP contribution in [0.5, 0.6) is 0 Å².